The standard InChI is InChI=1S/C7H12N2.C4H6N2.C2H6/c1-4-7-5-9(3)8-6(7)2;1-6-4-2-3-5-6;1-2/h5H,4H2,1-3H3;2-4H,1H3;1-2H3. The quantitative estimate of drug-likeness (QED) is 0.763. The van der Waals surface area contributed by atoms with Gasteiger partial charge in [0.15, 0.2) is 0 Å². The summed E-state index contributed by atoms with van der Waals surface area (Å²) in [7, 11) is 3.84. The molecule has 0 aliphatic carbocycles. The molecule has 0 unspecified atom stereocenters. The van der Waals surface area contributed by atoms with E-state index in [-0.39, 0.29) is 0 Å². The lowest BCUT2D eigenvalue weighted by Gasteiger charge is -1.85. The van der Waals surface area contributed by atoms with Crippen molar-refractivity contribution >= 4 is 0 Å². The molecule has 0 aromatic carbocycles. The van der Waals surface area contributed by atoms with E-state index in [9.17, 15) is 0 Å². The summed E-state index contributed by atoms with van der Waals surface area (Å²) in [4.78, 5) is 0. The Morgan fingerprint density at radius 3 is 2.00 bits per heavy atom. The molecule has 0 bridgehead atoms. The molecule has 0 saturated heterocycles. The summed E-state index contributed by atoms with van der Waals surface area (Å²) in [6.45, 7) is 8.18. The minimum atomic E-state index is 1.08. The molecule has 0 spiro atoms. The third kappa shape index (κ3) is 5.90. The van der Waals surface area contributed by atoms with Crippen molar-refractivity contribution in [2.45, 2.75) is 34.1 Å². The summed E-state index contributed by atoms with van der Waals surface area (Å²) in [5.74, 6) is 0. The van der Waals surface area contributed by atoms with Crippen LogP contribution in [0.2, 0.25) is 0 Å². The molecule has 2 aromatic rings. The van der Waals surface area contributed by atoms with Crippen LogP contribution in [0.15, 0.2) is 24.7 Å². The highest BCUT2D eigenvalue weighted by molar-refractivity contribution is 5.14. The first-order valence-electron chi connectivity index (χ1n) is 6.06. The van der Waals surface area contributed by atoms with Gasteiger partial charge >= 0.3 is 0 Å². The minimum absolute atomic E-state index is 1.08. The summed E-state index contributed by atoms with van der Waals surface area (Å²) in [6.07, 6.45) is 6.79. The Bertz CT molecular complexity index is 387. The van der Waals surface area contributed by atoms with Crippen molar-refractivity contribution in [1.29, 1.82) is 0 Å². The zero-order valence-electron chi connectivity index (χ0n) is 11.8. The van der Waals surface area contributed by atoms with Crippen molar-refractivity contribution in [3.8, 4) is 0 Å². The van der Waals surface area contributed by atoms with Gasteiger partial charge in [-0.05, 0) is 25.0 Å². The van der Waals surface area contributed by atoms with Crippen LogP contribution in [-0.2, 0) is 20.5 Å². The van der Waals surface area contributed by atoms with Gasteiger partial charge in [-0.1, -0.05) is 20.8 Å². The lowest BCUT2D eigenvalue weighted by atomic mass is 10.2. The smallest absolute Gasteiger partial charge is 0.0625 e. The molecule has 0 fully saturated rings. The molecular formula is C13H24N4. The number of rotatable bonds is 1. The molecule has 0 N–H and O–H groups in total. The van der Waals surface area contributed by atoms with E-state index in [1.165, 1.54) is 5.56 Å². The number of aryl methyl sites for hydroxylation is 4. The van der Waals surface area contributed by atoms with Crippen LogP contribution in [0.4, 0.5) is 0 Å². The Morgan fingerprint density at radius 2 is 1.82 bits per heavy atom. The zero-order valence-corrected chi connectivity index (χ0v) is 11.8. The van der Waals surface area contributed by atoms with Crippen LogP contribution in [0.3, 0.4) is 0 Å². The lowest BCUT2D eigenvalue weighted by Crippen LogP contribution is -1.86. The third-order valence-corrected chi connectivity index (χ3v) is 2.13. The minimum Gasteiger partial charge on any atom is -0.276 e. The summed E-state index contributed by atoms with van der Waals surface area (Å²) in [5.41, 5.74) is 2.50. The van der Waals surface area contributed by atoms with Crippen LogP contribution >= 0.6 is 0 Å². The van der Waals surface area contributed by atoms with E-state index in [0.717, 1.165) is 12.1 Å². The number of hydrogen-bond donors (Lipinski definition) is 0. The van der Waals surface area contributed by atoms with Crippen LogP contribution in [0.1, 0.15) is 32.0 Å². The molecule has 0 atom stereocenters. The second kappa shape index (κ2) is 8.56. The Hall–Kier alpha value is -1.58. The molecule has 0 aliphatic heterocycles. The van der Waals surface area contributed by atoms with E-state index in [2.05, 4.69) is 23.3 Å². The molecular weight excluding hydrogens is 212 g/mol. The zero-order chi connectivity index (χ0) is 13.3. The maximum Gasteiger partial charge on any atom is 0.0625 e. The fourth-order valence-electron chi connectivity index (χ4n) is 1.34. The first-order valence-corrected chi connectivity index (χ1v) is 6.06. The summed E-state index contributed by atoms with van der Waals surface area (Å²) < 4.78 is 3.61. The second-order valence-electron chi connectivity index (χ2n) is 3.45. The molecule has 4 nitrogen and oxygen atoms in total. The molecule has 96 valence electrons. The Balaban J connectivity index is 0.000000278. The molecule has 2 aromatic heterocycles. The van der Waals surface area contributed by atoms with Gasteiger partial charge in [0, 0.05) is 32.7 Å². The van der Waals surface area contributed by atoms with E-state index >= 15 is 0 Å². The molecule has 17 heavy (non-hydrogen) atoms. The van der Waals surface area contributed by atoms with Crippen LogP contribution in [0.5, 0.6) is 0 Å². The molecule has 0 aliphatic rings. The number of nitrogens with zero attached hydrogens (tertiary/aromatic N) is 4. The van der Waals surface area contributed by atoms with Crippen LogP contribution < -0.4 is 0 Å². The third-order valence-electron chi connectivity index (χ3n) is 2.13. The number of hydrogen-bond acceptors (Lipinski definition) is 2. The maximum absolute atomic E-state index is 4.20. The van der Waals surface area contributed by atoms with Crippen molar-refractivity contribution in [1.82, 2.24) is 19.6 Å². The van der Waals surface area contributed by atoms with Crippen LogP contribution in [0.25, 0.3) is 0 Å². The van der Waals surface area contributed by atoms with E-state index in [4.69, 9.17) is 0 Å². The van der Waals surface area contributed by atoms with Crippen molar-refractivity contribution in [2.24, 2.45) is 14.1 Å². The second-order valence-corrected chi connectivity index (χ2v) is 3.45. The topological polar surface area (TPSA) is 35.6 Å². The summed E-state index contributed by atoms with van der Waals surface area (Å²) in [6, 6.07) is 1.89. The van der Waals surface area contributed by atoms with Gasteiger partial charge in [0.1, 0.15) is 0 Å². The van der Waals surface area contributed by atoms with Crippen LogP contribution in [0, 0.1) is 6.92 Å². The van der Waals surface area contributed by atoms with Gasteiger partial charge in [-0.2, -0.15) is 10.2 Å². The molecule has 0 radical (unpaired) electrons. The highest BCUT2D eigenvalue weighted by atomic mass is 15.2. The average Bonchev–Trinajstić information content (AvgIpc) is 2.91. The molecule has 4 heteroatoms. The van der Waals surface area contributed by atoms with Crippen molar-refractivity contribution in [3.05, 3.63) is 35.9 Å². The predicted octanol–water partition coefficient (Wildman–Crippen LogP) is 2.74. The fourth-order valence-corrected chi connectivity index (χ4v) is 1.34. The highest BCUT2D eigenvalue weighted by Gasteiger charge is 1.97. The van der Waals surface area contributed by atoms with Gasteiger partial charge in [0.2, 0.25) is 0 Å². The van der Waals surface area contributed by atoms with Gasteiger partial charge in [-0.15, -0.1) is 0 Å². The van der Waals surface area contributed by atoms with E-state index < -0.39 is 0 Å². The van der Waals surface area contributed by atoms with Crippen molar-refractivity contribution < 1.29 is 0 Å². The first kappa shape index (κ1) is 15.4. The molecule has 2 heterocycles. The van der Waals surface area contributed by atoms with Gasteiger partial charge in [0.05, 0.1) is 5.69 Å². The molecule has 0 amide bonds. The fraction of sp³-hybridized carbons (Fsp3) is 0.538. The van der Waals surface area contributed by atoms with Gasteiger partial charge in [0.25, 0.3) is 0 Å². The van der Waals surface area contributed by atoms with Gasteiger partial charge < -0.3 is 0 Å². The van der Waals surface area contributed by atoms with Crippen molar-refractivity contribution in [2.75, 3.05) is 0 Å². The van der Waals surface area contributed by atoms with Crippen LogP contribution in [-0.4, -0.2) is 19.6 Å². The van der Waals surface area contributed by atoms with E-state index in [1.807, 2.05) is 51.8 Å². The van der Waals surface area contributed by atoms with E-state index in [1.54, 1.807) is 10.9 Å². The largest absolute Gasteiger partial charge is 0.276 e. The Labute approximate surface area is 104 Å². The maximum atomic E-state index is 4.20. The predicted molar refractivity (Wildman–Crippen MR) is 71.9 cm³/mol. The number of aromatic nitrogens is 4. The highest BCUT2D eigenvalue weighted by Crippen LogP contribution is 2.03. The Kier molecular flexibility index (Phi) is 7.76. The van der Waals surface area contributed by atoms with Crippen molar-refractivity contribution in [3.63, 3.8) is 0 Å². The lowest BCUT2D eigenvalue weighted by molar-refractivity contribution is 0.756. The molecule has 2 rings (SSSR count). The van der Waals surface area contributed by atoms with E-state index in [0.29, 0.717) is 0 Å². The SMILES string of the molecule is CC.CCc1cn(C)nc1C.Cn1cccn1. The van der Waals surface area contributed by atoms with Gasteiger partial charge in [-0.25, -0.2) is 0 Å². The Morgan fingerprint density at radius 1 is 1.18 bits per heavy atom. The first-order chi connectivity index (χ1) is 8.13. The average molecular weight is 236 g/mol. The monoisotopic (exact) mass is 236 g/mol. The normalized spacial score (nSPS) is 8.82. The molecule has 0 saturated carbocycles. The summed E-state index contributed by atoms with van der Waals surface area (Å²) in [5, 5.41) is 8.03. The summed E-state index contributed by atoms with van der Waals surface area (Å²) >= 11 is 0. The van der Waals surface area contributed by atoms with Gasteiger partial charge in [-0.3, -0.25) is 9.36 Å².